The van der Waals surface area contributed by atoms with Crippen LogP contribution in [0.5, 0.6) is 0 Å². The van der Waals surface area contributed by atoms with Gasteiger partial charge in [0.15, 0.2) is 5.60 Å². The van der Waals surface area contributed by atoms with Crippen molar-refractivity contribution < 1.29 is 15.0 Å². The fourth-order valence-corrected chi connectivity index (χ4v) is 1.20. The molecule has 0 spiro atoms. The summed E-state index contributed by atoms with van der Waals surface area (Å²) in [5.41, 5.74) is -0.991. The molecule has 1 aromatic rings. The van der Waals surface area contributed by atoms with Crippen LogP contribution in [-0.4, -0.2) is 21.8 Å². The lowest BCUT2D eigenvalue weighted by atomic mass is 9.97. The van der Waals surface area contributed by atoms with Gasteiger partial charge in [-0.2, -0.15) is 0 Å². The van der Waals surface area contributed by atoms with Crippen molar-refractivity contribution in [2.24, 2.45) is 0 Å². The first-order chi connectivity index (χ1) is 6.42. The summed E-state index contributed by atoms with van der Waals surface area (Å²) in [6.45, 7) is 1.27. The topological polar surface area (TPSA) is 57.5 Å². The summed E-state index contributed by atoms with van der Waals surface area (Å²) in [6.07, 6.45) is 0.0690. The van der Waals surface area contributed by atoms with Gasteiger partial charge < -0.3 is 10.2 Å². The molecule has 76 valence electrons. The average molecular weight is 215 g/mol. The Labute approximate surface area is 86.9 Å². The molecule has 0 aliphatic rings. The van der Waals surface area contributed by atoms with Crippen LogP contribution in [0.3, 0.4) is 0 Å². The summed E-state index contributed by atoms with van der Waals surface area (Å²) < 4.78 is 0. The molecule has 0 bridgehead atoms. The Hall–Kier alpha value is -1.06. The molecule has 0 fully saturated rings. The zero-order valence-electron chi connectivity index (χ0n) is 7.70. The van der Waals surface area contributed by atoms with Crippen LogP contribution in [0.2, 0.25) is 5.02 Å². The minimum atomic E-state index is -1.73. The third-order valence-corrected chi connectivity index (χ3v) is 2.17. The highest BCUT2D eigenvalue weighted by molar-refractivity contribution is 6.30. The molecule has 0 radical (unpaired) electrons. The van der Waals surface area contributed by atoms with Gasteiger partial charge >= 0.3 is 5.97 Å². The lowest BCUT2D eigenvalue weighted by Gasteiger charge is -2.17. The van der Waals surface area contributed by atoms with Gasteiger partial charge in [-0.3, -0.25) is 0 Å². The number of carboxylic acids is 1. The van der Waals surface area contributed by atoms with Crippen molar-refractivity contribution in [1.29, 1.82) is 0 Å². The largest absolute Gasteiger partial charge is 0.479 e. The Morgan fingerprint density at radius 1 is 1.43 bits per heavy atom. The van der Waals surface area contributed by atoms with E-state index in [4.69, 9.17) is 16.7 Å². The van der Waals surface area contributed by atoms with Crippen LogP contribution >= 0.6 is 11.6 Å². The molecule has 4 heteroatoms. The number of halogens is 1. The maximum absolute atomic E-state index is 10.6. The van der Waals surface area contributed by atoms with Crippen LogP contribution in [0, 0.1) is 0 Å². The molecule has 0 heterocycles. The van der Waals surface area contributed by atoms with Gasteiger partial charge in [0.2, 0.25) is 0 Å². The van der Waals surface area contributed by atoms with Crippen LogP contribution < -0.4 is 0 Å². The molecule has 0 aliphatic carbocycles. The van der Waals surface area contributed by atoms with E-state index >= 15 is 0 Å². The predicted octanol–water partition coefficient (Wildman–Crippen LogP) is 1.72. The first kappa shape index (κ1) is 11.0. The summed E-state index contributed by atoms with van der Waals surface area (Å²) in [5, 5.41) is 18.7. The Bertz CT molecular complexity index is 330. The molecule has 0 saturated carbocycles. The van der Waals surface area contributed by atoms with Crippen molar-refractivity contribution in [2.75, 3.05) is 0 Å². The fraction of sp³-hybridized carbons (Fsp3) is 0.300. The van der Waals surface area contributed by atoms with E-state index in [1.54, 1.807) is 24.3 Å². The zero-order valence-corrected chi connectivity index (χ0v) is 8.45. The molecular weight excluding hydrogens is 204 g/mol. The van der Waals surface area contributed by atoms with Crippen LogP contribution in [0.15, 0.2) is 24.3 Å². The van der Waals surface area contributed by atoms with Crippen molar-refractivity contribution in [3.63, 3.8) is 0 Å². The van der Waals surface area contributed by atoms with E-state index < -0.39 is 11.6 Å². The standard InChI is InChI=1S/C10H11ClO3/c1-10(14,9(12)13)6-7-2-4-8(11)5-3-7/h2-5,14H,6H2,1H3,(H,12,13)/t10-/m0/s1. The Morgan fingerprint density at radius 3 is 2.36 bits per heavy atom. The monoisotopic (exact) mass is 214 g/mol. The summed E-state index contributed by atoms with van der Waals surface area (Å²) in [6, 6.07) is 6.71. The summed E-state index contributed by atoms with van der Waals surface area (Å²) in [5.74, 6) is -1.23. The molecule has 1 atom stereocenters. The molecule has 3 nitrogen and oxygen atoms in total. The van der Waals surface area contributed by atoms with Gasteiger partial charge in [-0.1, -0.05) is 23.7 Å². The van der Waals surface area contributed by atoms with Crippen LogP contribution in [-0.2, 0) is 11.2 Å². The van der Waals surface area contributed by atoms with E-state index in [0.717, 1.165) is 5.56 Å². The predicted molar refractivity (Wildman–Crippen MR) is 53.4 cm³/mol. The van der Waals surface area contributed by atoms with E-state index in [0.29, 0.717) is 5.02 Å². The summed E-state index contributed by atoms with van der Waals surface area (Å²) in [4.78, 5) is 10.6. The molecule has 0 amide bonds. The minimum Gasteiger partial charge on any atom is -0.479 e. The highest BCUT2D eigenvalue weighted by atomic mass is 35.5. The second-order valence-electron chi connectivity index (χ2n) is 3.38. The maximum Gasteiger partial charge on any atom is 0.335 e. The summed E-state index contributed by atoms with van der Waals surface area (Å²) in [7, 11) is 0. The van der Waals surface area contributed by atoms with Gasteiger partial charge in [0.05, 0.1) is 0 Å². The van der Waals surface area contributed by atoms with Crippen molar-refractivity contribution in [3.05, 3.63) is 34.9 Å². The van der Waals surface area contributed by atoms with E-state index in [2.05, 4.69) is 0 Å². The fourth-order valence-electron chi connectivity index (χ4n) is 1.08. The van der Waals surface area contributed by atoms with Gasteiger partial charge in [-0.15, -0.1) is 0 Å². The van der Waals surface area contributed by atoms with Gasteiger partial charge in [0.25, 0.3) is 0 Å². The van der Waals surface area contributed by atoms with Gasteiger partial charge in [-0.05, 0) is 24.6 Å². The number of hydrogen-bond acceptors (Lipinski definition) is 2. The van der Waals surface area contributed by atoms with Crippen molar-refractivity contribution in [1.82, 2.24) is 0 Å². The van der Waals surface area contributed by atoms with Gasteiger partial charge in [-0.25, -0.2) is 4.79 Å². The maximum atomic E-state index is 10.6. The highest BCUT2D eigenvalue weighted by Crippen LogP contribution is 2.16. The van der Waals surface area contributed by atoms with Gasteiger partial charge in [0, 0.05) is 11.4 Å². The summed E-state index contributed by atoms with van der Waals surface area (Å²) >= 11 is 5.67. The van der Waals surface area contributed by atoms with Crippen LogP contribution in [0.25, 0.3) is 0 Å². The number of benzene rings is 1. The molecule has 1 aromatic carbocycles. The molecular formula is C10H11ClO3. The normalized spacial score (nSPS) is 14.8. The quantitative estimate of drug-likeness (QED) is 0.806. The van der Waals surface area contributed by atoms with Crippen molar-refractivity contribution in [2.45, 2.75) is 18.9 Å². The highest BCUT2D eigenvalue weighted by Gasteiger charge is 2.29. The Morgan fingerprint density at radius 2 is 1.93 bits per heavy atom. The molecule has 0 aliphatic heterocycles. The minimum absolute atomic E-state index is 0.0690. The number of hydrogen-bond donors (Lipinski definition) is 2. The van der Waals surface area contributed by atoms with Crippen molar-refractivity contribution in [3.8, 4) is 0 Å². The van der Waals surface area contributed by atoms with E-state index in [1.807, 2.05) is 0 Å². The van der Waals surface area contributed by atoms with Crippen LogP contribution in [0.1, 0.15) is 12.5 Å². The number of aliphatic carboxylic acids is 1. The Kier molecular flexibility index (Phi) is 3.13. The van der Waals surface area contributed by atoms with E-state index in [9.17, 15) is 9.90 Å². The number of carboxylic acid groups (broad SMARTS) is 1. The molecule has 0 unspecified atom stereocenters. The Balaban J connectivity index is 2.79. The molecule has 1 rings (SSSR count). The zero-order chi connectivity index (χ0) is 10.8. The first-order valence-electron chi connectivity index (χ1n) is 4.12. The molecule has 0 saturated heterocycles. The SMILES string of the molecule is C[C@](O)(Cc1ccc(Cl)cc1)C(=O)O. The third kappa shape index (κ3) is 2.72. The smallest absolute Gasteiger partial charge is 0.335 e. The number of aliphatic hydroxyl groups is 1. The number of carbonyl (C=O) groups is 1. The lowest BCUT2D eigenvalue weighted by Crippen LogP contribution is -2.37. The van der Waals surface area contributed by atoms with Crippen LogP contribution in [0.4, 0.5) is 0 Å². The lowest BCUT2D eigenvalue weighted by molar-refractivity contribution is -0.156. The van der Waals surface area contributed by atoms with E-state index in [-0.39, 0.29) is 6.42 Å². The number of rotatable bonds is 3. The van der Waals surface area contributed by atoms with Gasteiger partial charge in [0.1, 0.15) is 0 Å². The van der Waals surface area contributed by atoms with E-state index in [1.165, 1.54) is 6.92 Å². The average Bonchev–Trinajstić information content (AvgIpc) is 2.08. The molecule has 0 aromatic heterocycles. The van der Waals surface area contributed by atoms with Crippen molar-refractivity contribution >= 4 is 17.6 Å². The molecule has 2 N–H and O–H groups in total. The molecule has 14 heavy (non-hydrogen) atoms. The third-order valence-electron chi connectivity index (χ3n) is 1.92. The first-order valence-corrected chi connectivity index (χ1v) is 4.50. The second kappa shape index (κ2) is 3.98. The second-order valence-corrected chi connectivity index (χ2v) is 3.82.